The molecule has 0 fully saturated rings. The van der Waals surface area contributed by atoms with Crippen LogP contribution in [0.3, 0.4) is 0 Å². The number of Topliss-reactive ketones (excluding diaryl/α,β-unsaturated/α-hetero) is 1. The zero-order valence-electron chi connectivity index (χ0n) is 7.43. The van der Waals surface area contributed by atoms with Crippen LogP contribution in [0.25, 0.3) is 0 Å². The molecule has 0 saturated heterocycles. The molecule has 0 N–H and O–H groups in total. The largest absolute Gasteiger partial charge is 0.294 e. The monoisotopic (exact) mass is 194 g/mol. The van der Waals surface area contributed by atoms with Crippen molar-refractivity contribution in [2.24, 2.45) is 0 Å². The topological polar surface area (TPSA) is 34.1 Å². The number of rotatable bonds is 4. The summed E-state index contributed by atoms with van der Waals surface area (Å²) < 4.78 is 10.4. The van der Waals surface area contributed by atoms with Gasteiger partial charge in [0.25, 0.3) is 0 Å². The van der Waals surface area contributed by atoms with Crippen LogP contribution < -0.4 is 0 Å². The Morgan fingerprint density at radius 1 is 1.38 bits per heavy atom. The van der Waals surface area contributed by atoms with E-state index in [1.165, 1.54) is 0 Å². The van der Waals surface area contributed by atoms with Crippen molar-refractivity contribution in [3.63, 3.8) is 0 Å². The molecule has 0 radical (unpaired) electrons. The molecule has 0 aliphatic rings. The van der Waals surface area contributed by atoms with Gasteiger partial charge >= 0.3 is 0 Å². The molecule has 0 bridgehead atoms. The Kier molecular flexibility index (Phi) is 3.78. The Balaban J connectivity index is 2.64. The van der Waals surface area contributed by atoms with Gasteiger partial charge in [0, 0.05) is 17.6 Å². The van der Waals surface area contributed by atoms with Gasteiger partial charge in [-0.3, -0.25) is 9.36 Å². The highest BCUT2D eigenvalue weighted by molar-refractivity contribution is 7.24. The minimum absolute atomic E-state index is 0.0377. The lowest BCUT2D eigenvalue weighted by atomic mass is 10.1. The van der Waals surface area contributed by atoms with Crippen LogP contribution >= 0.6 is 8.46 Å². The summed E-state index contributed by atoms with van der Waals surface area (Å²) in [4.78, 5) is 11.5. The van der Waals surface area contributed by atoms with Crippen LogP contribution in [0.4, 0.5) is 0 Å². The maximum atomic E-state index is 11.5. The molecular weight excluding hydrogens is 183 g/mol. The van der Waals surface area contributed by atoms with Crippen LogP contribution in [0.5, 0.6) is 0 Å². The summed E-state index contributed by atoms with van der Waals surface area (Å²) in [5.41, 5.74) is 0.603. The van der Waals surface area contributed by atoms with E-state index in [1.54, 1.807) is 19.1 Å². The molecule has 0 amide bonds. The summed E-state index contributed by atoms with van der Waals surface area (Å²) in [5, 5.41) is 0. The minimum atomic E-state index is -0.0901. The van der Waals surface area contributed by atoms with Crippen LogP contribution in [0, 0.1) is 0 Å². The number of carbonyl (C=O) groups excluding carboxylic acids is 1. The number of carbonyl (C=O) groups is 1. The molecule has 0 heterocycles. The lowest BCUT2D eigenvalue weighted by Crippen LogP contribution is -2.04. The zero-order chi connectivity index (χ0) is 9.68. The third-order valence-electron chi connectivity index (χ3n) is 1.76. The van der Waals surface area contributed by atoms with E-state index in [9.17, 15) is 9.36 Å². The first-order valence-corrected chi connectivity index (χ1v) is 5.03. The van der Waals surface area contributed by atoms with E-state index in [2.05, 4.69) is 0 Å². The highest BCUT2D eigenvalue weighted by atomic mass is 31.1. The van der Waals surface area contributed by atoms with Crippen LogP contribution in [-0.4, -0.2) is 11.4 Å². The second-order valence-electron chi connectivity index (χ2n) is 2.95. The fourth-order valence-corrected chi connectivity index (χ4v) is 1.29. The Morgan fingerprint density at radius 3 is 2.54 bits per heavy atom. The van der Waals surface area contributed by atoms with Gasteiger partial charge < -0.3 is 0 Å². The summed E-state index contributed by atoms with van der Waals surface area (Å²) in [6, 6.07) is 9.07. The highest BCUT2D eigenvalue weighted by Gasteiger charge is 2.10. The molecule has 1 atom stereocenters. The lowest BCUT2D eigenvalue weighted by Gasteiger charge is -2.01. The maximum absolute atomic E-state index is 11.5. The summed E-state index contributed by atoms with van der Waals surface area (Å²) in [6.07, 6.45) is 0.342. The average Bonchev–Trinajstić information content (AvgIpc) is 2.19. The first-order valence-electron chi connectivity index (χ1n) is 4.14. The molecule has 1 aromatic rings. The van der Waals surface area contributed by atoms with Gasteiger partial charge in [-0.25, -0.2) is 0 Å². The van der Waals surface area contributed by atoms with Gasteiger partial charge in [-0.2, -0.15) is 0 Å². The molecule has 0 aromatic heterocycles. The van der Waals surface area contributed by atoms with Crippen molar-refractivity contribution in [3.05, 3.63) is 35.9 Å². The van der Waals surface area contributed by atoms with Gasteiger partial charge in [0.2, 0.25) is 0 Å². The summed E-state index contributed by atoms with van der Waals surface area (Å²) in [6.45, 7) is 1.79. The number of hydrogen-bond acceptors (Lipinski definition) is 2. The van der Waals surface area contributed by atoms with E-state index in [0.717, 1.165) is 0 Å². The number of hydrogen-bond donors (Lipinski definition) is 0. The SMILES string of the molecule is CC(CC(=O)c1ccccc1)P=O. The van der Waals surface area contributed by atoms with Gasteiger partial charge in [-0.05, 0) is 0 Å². The Labute approximate surface area is 79.2 Å². The van der Waals surface area contributed by atoms with Crippen molar-refractivity contribution in [3.8, 4) is 0 Å². The predicted octanol–water partition coefficient (Wildman–Crippen LogP) is 2.94. The van der Waals surface area contributed by atoms with Gasteiger partial charge in [-0.15, -0.1) is 0 Å². The van der Waals surface area contributed by atoms with E-state index in [4.69, 9.17) is 0 Å². The van der Waals surface area contributed by atoms with E-state index in [0.29, 0.717) is 12.0 Å². The second-order valence-corrected chi connectivity index (χ2v) is 4.04. The van der Waals surface area contributed by atoms with Gasteiger partial charge in [-0.1, -0.05) is 37.3 Å². The molecule has 1 unspecified atom stereocenters. The van der Waals surface area contributed by atoms with E-state index in [1.807, 2.05) is 18.2 Å². The van der Waals surface area contributed by atoms with E-state index >= 15 is 0 Å². The smallest absolute Gasteiger partial charge is 0.163 e. The van der Waals surface area contributed by atoms with Crippen LogP contribution in [0.15, 0.2) is 30.3 Å². The highest BCUT2D eigenvalue weighted by Crippen LogP contribution is 2.13. The van der Waals surface area contributed by atoms with Crippen molar-refractivity contribution in [1.29, 1.82) is 0 Å². The lowest BCUT2D eigenvalue weighted by molar-refractivity contribution is 0.0983. The normalized spacial score (nSPS) is 12.7. The van der Waals surface area contributed by atoms with Crippen molar-refractivity contribution < 1.29 is 9.36 Å². The Hall–Kier alpha value is -1.01. The first kappa shape index (κ1) is 10.1. The third-order valence-corrected chi connectivity index (χ3v) is 2.30. The van der Waals surface area contributed by atoms with Crippen LogP contribution in [-0.2, 0) is 4.57 Å². The van der Waals surface area contributed by atoms with Gasteiger partial charge in [0.15, 0.2) is 14.2 Å². The Bertz CT molecular complexity index is 295. The molecular formula is C10H11O2P. The summed E-state index contributed by atoms with van der Waals surface area (Å²) in [5.74, 6) is 0.0523. The summed E-state index contributed by atoms with van der Waals surface area (Å²) in [7, 11) is 0.0377. The molecule has 0 spiro atoms. The second kappa shape index (κ2) is 4.88. The fraction of sp³-hybridized carbons (Fsp3) is 0.300. The molecule has 0 saturated carbocycles. The average molecular weight is 194 g/mol. The number of benzene rings is 1. The fourth-order valence-electron chi connectivity index (χ4n) is 1.05. The molecule has 68 valence electrons. The van der Waals surface area contributed by atoms with Crippen molar-refractivity contribution in [1.82, 2.24) is 0 Å². The van der Waals surface area contributed by atoms with Crippen LogP contribution in [0.2, 0.25) is 0 Å². The van der Waals surface area contributed by atoms with Crippen molar-refractivity contribution in [2.75, 3.05) is 0 Å². The van der Waals surface area contributed by atoms with Gasteiger partial charge in [0.1, 0.15) is 0 Å². The van der Waals surface area contributed by atoms with Gasteiger partial charge in [0.05, 0.1) is 0 Å². The standard InChI is InChI=1S/C10H11O2P/c1-8(13-12)7-10(11)9-5-3-2-4-6-9/h2-6,8H,7H2,1H3. The molecule has 0 aliphatic carbocycles. The molecule has 0 aliphatic heterocycles. The molecule has 2 nitrogen and oxygen atoms in total. The van der Waals surface area contributed by atoms with Crippen molar-refractivity contribution in [2.45, 2.75) is 19.0 Å². The zero-order valence-corrected chi connectivity index (χ0v) is 8.33. The predicted molar refractivity (Wildman–Crippen MR) is 52.5 cm³/mol. The van der Waals surface area contributed by atoms with E-state index in [-0.39, 0.29) is 19.9 Å². The molecule has 13 heavy (non-hydrogen) atoms. The number of ketones is 1. The quantitative estimate of drug-likeness (QED) is 0.545. The summed E-state index contributed by atoms with van der Waals surface area (Å²) >= 11 is 0. The minimum Gasteiger partial charge on any atom is -0.294 e. The Morgan fingerprint density at radius 2 is 2.00 bits per heavy atom. The van der Waals surface area contributed by atoms with E-state index < -0.39 is 0 Å². The maximum Gasteiger partial charge on any atom is 0.163 e. The van der Waals surface area contributed by atoms with Crippen LogP contribution in [0.1, 0.15) is 23.7 Å². The molecule has 1 rings (SSSR count). The third kappa shape index (κ3) is 3.08. The van der Waals surface area contributed by atoms with Crippen molar-refractivity contribution >= 4 is 14.2 Å². The molecule has 1 aromatic carbocycles. The molecule has 3 heteroatoms. The first-order chi connectivity index (χ1) is 6.24.